The number of hydrogen-bond acceptors (Lipinski definition) is 3. The van der Waals surface area contributed by atoms with Gasteiger partial charge < -0.3 is 9.84 Å². The summed E-state index contributed by atoms with van der Waals surface area (Å²) in [5.74, 6) is 0.819. The topological polar surface area (TPSA) is 42.4 Å². The molecule has 0 unspecified atom stereocenters. The molecule has 3 heteroatoms. The van der Waals surface area contributed by atoms with E-state index in [1.54, 1.807) is 12.4 Å². The van der Waals surface area contributed by atoms with Crippen LogP contribution in [-0.2, 0) is 12.2 Å². The molecule has 140 valence electrons. The Morgan fingerprint density at radius 2 is 1.59 bits per heavy atom. The first-order valence-electron chi connectivity index (χ1n) is 9.57. The lowest BCUT2D eigenvalue weighted by Gasteiger charge is -2.36. The number of rotatable bonds is 8. The van der Waals surface area contributed by atoms with E-state index >= 15 is 0 Å². The third kappa shape index (κ3) is 4.37. The van der Waals surface area contributed by atoms with Crippen molar-refractivity contribution in [2.45, 2.75) is 44.8 Å². The number of nitrogens with zero attached hydrogens (tertiary/aromatic N) is 1. The predicted octanol–water partition coefficient (Wildman–Crippen LogP) is 5.45. The van der Waals surface area contributed by atoms with Gasteiger partial charge >= 0.3 is 0 Å². The summed E-state index contributed by atoms with van der Waals surface area (Å²) in [6, 6.07) is 21.9. The average molecular weight is 361 g/mol. The van der Waals surface area contributed by atoms with Crippen molar-refractivity contribution in [3.8, 4) is 5.75 Å². The molecule has 27 heavy (non-hydrogen) atoms. The minimum absolute atomic E-state index is 0.0154. The molecule has 0 saturated carbocycles. The second-order valence-corrected chi connectivity index (χ2v) is 6.82. The SMILES string of the molecule is CC[C@@H](c1ccncc1)[C@@](O)(CC)c1ccc(OCc2ccccc2)cc1. The average Bonchev–Trinajstić information content (AvgIpc) is 2.74. The van der Waals surface area contributed by atoms with Crippen molar-refractivity contribution in [1.29, 1.82) is 0 Å². The lowest BCUT2D eigenvalue weighted by molar-refractivity contribution is 0.00141. The van der Waals surface area contributed by atoms with Crippen molar-refractivity contribution in [3.63, 3.8) is 0 Å². The molecular formula is C24H27NO2. The summed E-state index contributed by atoms with van der Waals surface area (Å²) in [7, 11) is 0. The van der Waals surface area contributed by atoms with Gasteiger partial charge in [0.1, 0.15) is 12.4 Å². The Morgan fingerprint density at radius 1 is 0.926 bits per heavy atom. The molecule has 0 bridgehead atoms. The molecule has 3 nitrogen and oxygen atoms in total. The molecule has 0 aliphatic heterocycles. The Morgan fingerprint density at radius 3 is 2.19 bits per heavy atom. The summed E-state index contributed by atoms with van der Waals surface area (Å²) < 4.78 is 5.87. The van der Waals surface area contributed by atoms with Gasteiger partial charge in [-0.1, -0.05) is 56.3 Å². The number of ether oxygens (including phenoxy) is 1. The molecule has 0 aliphatic rings. The highest BCUT2D eigenvalue weighted by atomic mass is 16.5. The summed E-state index contributed by atoms with van der Waals surface area (Å²) in [4.78, 5) is 4.10. The molecule has 3 aromatic rings. The van der Waals surface area contributed by atoms with Crippen molar-refractivity contribution in [2.75, 3.05) is 0 Å². The minimum atomic E-state index is -0.923. The first-order chi connectivity index (χ1) is 13.2. The van der Waals surface area contributed by atoms with Crippen LogP contribution in [0.5, 0.6) is 5.75 Å². The predicted molar refractivity (Wildman–Crippen MR) is 109 cm³/mol. The first kappa shape index (κ1) is 19.1. The van der Waals surface area contributed by atoms with Gasteiger partial charge in [0.15, 0.2) is 0 Å². The van der Waals surface area contributed by atoms with Crippen LogP contribution >= 0.6 is 0 Å². The van der Waals surface area contributed by atoms with Gasteiger partial charge in [0.05, 0.1) is 5.60 Å². The third-order valence-electron chi connectivity index (χ3n) is 5.23. The fourth-order valence-corrected chi connectivity index (χ4v) is 3.68. The maximum Gasteiger partial charge on any atom is 0.119 e. The molecule has 2 aromatic carbocycles. The summed E-state index contributed by atoms with van der Waals surface area (Å²) in [6.07, 6.45) is 5.06. The van der Waals surface area contributed by atoms with Gasteiger partial charge in [0, 0.05) is 18.3 Å². The van der Waals surface area contributed by atoms with E-state index in [2.05, 4.69) is 11.9 Å². The molecule has 0 fully saturated rings. The Bertz CT molecular complexity index is 818. The standard InChI is InChI=1S/C24H27NO2/c1-3-23(20-14-16-25-17-15-20)24(26,4-2)21-10-12-22(13-11-21)27-18-19-8-6-5-7-9-19/h5-17,23,26H,3-4,18H2,1-2H3/t23-,24+/m0/s1. The Kier molecular flexibility index (Phi) is 6.25. The maximum atomic E-state index is 11.5. The van der Waals surface area contributed by atoms with Crippen LogP contribution in [-0.4, -0.2) is 10.1 Å². The van der Waals surface area contributed by atoms with Gasteiger partial charge in [-0.2, -0.15) is 0 Å². The summed E-state index contributed by atoms with van der Waals surface area (Å²) >= 11 is 0. The molecule has 0 aliphatic carbocycles. The Labute approximate surface area is 161 Å². The van der Waals surface area contributed by atoms with Crippen LogP contribution in [0.3, 0.4) is 0 Å². The van der Waals surface area contributed by atoms with Crippen molar-refractivity contribution in [3.05, 3.63) is 95.8 Å². The van der Waals surface area contributed by atoms with Gasteiger partial charge in [-0.3, -0.25) is 4.98 Å². The smallest absolute Gasteiger partial charge is 0.119 e. The quantitative estimate of drug-likeness (QED) is 0.580. The lowest BCUT2D eigenvalue weighted by atomic mass is 9.74. The van der Waals surface area contributed by atoms with Crippen molar-refractivity contribution in [2.24, 2.45) is 0 Å². The van der Waals surface area contributed by atoms with E-state index in [0.717, 1.165) is 28.9 Å². The van der Waals surface area contributed by atoms with Crippen LogP contribution in [0.1, 0.15) is 49.3 Å². The molecule has 2 atom stereocenters. The fourth-order valence-electron chi connectivity index (χ4n) is 3.68. The second kappa shape index (κ2) is 8.83. The highest BCUT2D eigenvalue weighted by Gasteiger charge is 2.36. The summed E-state index contributed by atoms with van der Waals surface area (Å²) in [5, 5.41) is 11.5. The van der Waals surface area contributed by atoms with Crippen LogP contribution in [0.15, 0.2) is 79.1 Å². The van der Waals surface area contributed by atoms with E-state index in [1.165, 1.54) is 0 Å². The van der Waals surface area contributed by atoms with E-state index < -0.39 is 5.60 Å². The molecule has 1 aromatic heterocycles. The van der Waals surface area contributed by atoms with E-state index in [4.69, 9.17) is 4.74 Å². The molecule has 0 amide bonds. The van der Waals surface area contributed by atoms with Crippen molar-refractivity contribution >= 4 is 0 Å². The van der Waals surface area contributed by atoms with Crippen molar-refractivity contribution < 1.29 is 9.84 Å². The lowest BCUT2D eigenvalue weighted by Crippen LogP contribution is -2.32. The highest BCUT2D eigenvalue weighted by molar-refractivity contribution is 5.35. The second-order valence-electron chi connectivity index (χ2n) is 6.82. The molecule has 0 spiro atoms. The number of aromatic nitrogens is 1. The van der Waals surface area contributed by atoms with Crippen LogP contribution in [0.4, 0.5) is 0 Å². The highest BCUT2D eigenvalue weighted by Crippen LogP contribution is 2.42. The summed E-state index contributed by atoms with van der Waals surface area (Å²) in [5.41, 5.74) is 2.24. The normalized spacial score (nSPS) is 14.3. The fraction of sp³-hybridized carbons (Fsp3) is 0.292. The van der Waals surface area contributed by atoms with Gasteiger partial charge in [0.2, 0.25) is 0 Å². The van der Waals surface area contributed by atoms with Gasteiger partial charge in [0.25, 0.3) is 0 Å². The number of benzene rings is 2. The van der Waals surface area contributed by atoms with Crippen LogP contribution in [0.2, 0.25) is 0 Å². The van der Waals surface area contributed by atoms with Crippen molar-refractivity contribution in [1.82, 2.24) is 4.98 Å². The Hall–Kier alpha value is -2.65. The molecule has 0 radical (unpaired) electrons. The molecule has 0 saturated heterocycles. The van der Waals surface area contributed by atoms with Gasteiger partial charge in [-0.25, -0.2) is 0 Å². The number of hydrogen-bond donors (Lipinski definition) is 1. The molecule has 3 rings (SSSR count). The Balaban J connectivity index is 1.78. The number of aliphatic hydroxyl groups is 1. The van der Waals surface area contributed by atoms with E-state index in [9.17, 15) is 5.11 Å². The minimum Gasteiger partial charge on any atom is -0.489 e. The molecule has 1 N–H and O–H groups in total. The van der Waals surface area contributed by atoms with E-state index in [0.29, 0.717) is 13.0 Å². The van der Waals surface area contributed by atoms with Crippen LogP contribution in [0.25, 0.3) is 0 Å². The largest absolute Gasteiger partial charge is 0.489 e. The third-order valence-corrected chi connectivity index (χ3v) is 5.23. The summed E-state index contributed by atoms with van der Waals surface area (Å²) in [6.45, 7) is 4.68. The van der Waals surface area contributed by atoms with Gasteiger partial charge in [-0.05, 0) is 53.8 Å². The zero-order valence-corrected chi connectivity index (χ0v) is 16.0. The zero-order chi connectivity index (χ0) is 19.1. The first-order valence-corrected chi connectivity index (χ1v) is 9.57. The molecule has 1 heterocycles. The molecular weight excluding hydrogens is 334 g/mol. The van der Waals surface area contributed by atoms with Crippen LogP contribution < -0.4 is 4.74 Å². The zero-order valence-electron chi connectivity index (χ0n) is 16.0. The number of pyridine rings is 1. The maximum absolute atomic E-state index is 11.5. The monoisotopic (exact) mass is 361 g/mol. The van der Waals surface area contributed by atoms with Crippen LogP contribution in [0, 0.1) is 0 Å². The van der Waals surface area contributed by atoms with Gasteiger partial charge in [-0.15, -0.1) is 0 Å². The van der Waals surface area contributed by atoms with E-state index in [-0.39, 0.29) is 5.92 Å². The van der Waals surface area contributed by atoms with E-state index in [1.807, 2.05) is 73.7 Å².